The summed E-state index contributed by atoms with van der Waals surface area (Å²) in [5.74, 6) is -1.15. The fourth-order valence-corrected chi connectivity index (χ4v) is 2.84. The SMILES string of the molecule is Cc1cccc(NC(=O)C(NC(=O)c2ccc(Cl)c([N+](=O)[O-])c2)C(C)C)c1C. The van der Waals surface area contributed by atoms with Crippen molar-refractivity contribution in [2.45, 2.75) is 33.7 Å². The number of benzene rings is 2. The Morgan fingerprint density at radius 1 is 1.14 bits per heavy atom. The number of nitro groups is 1. The van der Waals surface area contributed by atoms with E-state index in [1.807, 2.05) is 26.0 Å². The van der Waals surface area contributed by atoms with Gasteiger partial charge < -0.3 is 10.6 Å². The Hall–Kier alpha value is -2.93. The van der Waals surface area contributed by atoms with E-state index in [1.54, 1.807) is 19.9 Å². The van der Waals surface area contributed by atoms with E-state index >= 15 is 0 Å². The highest BCUT2D eigenvalue weighted by molar-refractivity contribution is 6.32. The second kappa shape index (κ2) is 8.84. The maximum absolute atomic E-state index is 12.8. The second-order valence-electron chi connectivity index (χ2n) is 6.86. The van der Waals surface area contributed by atoms with Crippen LogP contribution in [-0.2, 0) is 4.79 Å². The van der Waals surface area contributed by atoms with E-state index in [9.17, 15) is 19.7 Å². The third-order valence-electron chi connectivity index (χ3n) is 4.50. The highest BCUT2D eigenvalue weighted by atomic mass is 35.5. The van der Waals surface area contributed by atoms with Crippen LogP contribution in [0.4, 0.5) is 11.4 Å². The minimum Gasteiger partial charge on any atom is -0.340 e. The molecule has 2 amide bonds. The fraction of sp³-hybridized carbons (Fsp3) is 0.300. The Morgan fingerprint density at radius 3 is 2.43 bits per heavy atom. The minimum absolute atomic E-state index is 0.0567. The van der Waals surface area contributed by atoms with Crippen LogP contribution in [0.1, 0.15) is 35.3 Å². The molecule has 0 heterocycles. The summed E-state index contributed by atoms with van der Waals surface area (Å²) in [6.45, 7) is 7.46. The van der Waals surface area contributed by atoms with Crippen molar-refractivity contribution in [3.63, 3.8) is 0 Å². The van der Waals surface area contributed by atoms with Gasteiger partial charge in [0.05, 0.1) is 4.92 Å². The van der Waals surface area contributed by atoms with Gasteiger partial charge in [-0.1, -0.05) is 37.6 Å². The Balaban J connectivity index is 2.21. The van der Waals surface area contributed by atoms with Crippen molar-refractivity contribution in [3.05, 3.63) is 68.2 Å². The van der Waals surface area contributed by atoms with Crippen LogP contribution in [0.3, 0.4) is 0 Å². The van der Waals surface area contributed by atoms with Crippen LogP contribution in [0.25, 0.3) is 0 Å². The zero-order valence-electron chi connectivity index (χ0n) is 16.1. The van der Waals surface area contributed by atoms with Crippen LogP contribution in [0.2, 0.25) is 5.02 Å². The normalized spacial score (nSPS) is 11.8. The largest absolute Gasteiger partial charge is 0.340 e. The average Bonchev–Trinajstić information content (AvgIpc) is 2.63. The Labute approximate surface area is 168 Å². The zero-order valence-corrected chi connectivity index (χ0v) is 16.8. The molecule has 28 heavy (non-hydrogen) atoms. The molecule has 0 spiro atoms. The number of carbonyl (C=O) groups is 2. The van der Waals surface area contributed by atoms with Crippen LogP contribution in [-0.4, -0.2) is 22.8 Å². The maximum atomic E-state index is 12.8. The summed E-state index contributed by atoms with van der Waals surface area (Å²) in [6, 6.07) is 8.52. The van der Waals surface area contributed by atoms with Crippen molar-refractivity contribution in [3.8, 4) is 0 Å². The molecule has 2 aromatic carbocycles. The van der Waals surface area contributed by atoms with Gasteiger partial charge in [0.1, 0.15) is 11.1 Å². The van der Waals surface area contributed by atoms with Gasteiger partial charge in [0.15, 0.2) is 0 Å². The lowest BCUT2D eigenvalue weighted by Crippen LogP contribution is -2.47. The number of nitrogens with one attached hydrogen (secondary N) is 2. The number of nitro benzene ring substituents is 1. The van der Waals surface area contributed by atoms with Gasteiger partial charge >= 0.3 is 0 Å². The monoisotopic (exact) mass is 403 g/mol. The van der Waals surface area contributed by atoms with E-state index in [4.69, 9.17) is 11.6 Å². The molecular weight excluding hydrogens is 382 g/mol. The van der Waals surface area contributed by atoms with Crippen molar-refractivity contribution >= 4 is 34.8 Å². The molecule has 0 saturated heterocycles. The first-order chi connectivity index (χ1) is 13.1. The van der Waals surface area contributed by atoms with Gasteiger partial charge in [-0.15, -0.1) is 0 Å². The van der Waals surface area contributed by atoms with E-state index in [0.717, 1.165) is 17.2 Å². The Morgan fingerprint density at radius 2 is 1.82 bits per heavy atom. The number of hydrogen-bond acceptors (Lipinski definition) is 4. The standard InChI is InChI=1S/C20H22ClN3O4/c1-11(2)18(20(26)22-16-7-5-6-12(3)13(16)4)23-19(25)14-8-9-15(21)17(10-14)24(27)28/h5-11,18H,1-4H3,(H,22,26)(H,23,25). The number of amides is 2. The summed E-state index contributed by atoms with van der Waals surface area (Å²) in [5, 5.41) is 16.5. The fourth-order valence-electron chi connectivity index (χ4n) is 2.65. The van der Waals surface area contributed by atoms with Crippen molar-refractivity contribution in [1.29, 1.82) is 0 Å². The van der Waals surface area contributed by atoms with Crippen LogP contribution in [0.15, 0.2) is 36.4 Å². The van der Waals surface area contributed by atoms with Crippen LogP contribution in [0.5, 0.6) is 0 Å². The first-order valence-electron chi connectivity index (χ1n) is 8.73. The summed E-state index contributed by atoms with van der Waals surface area (Å²) >= 11 is 5.78. The molecule has 0 aliphatic rings. The van der Waals surface area contributed by atoms with Gasteiger partial charge in [-0.25, -0.2) is 0 Å². The first kappa shape index (κ1) is 21.4. The molecule has 1 atom stereocenters. The molecule has 0 aliphatic carbocycles. The Bertz CT molecular complexity index is 928. The molecule has 2 aromatic rings. The molecule has 0 saturated carbocycles. The molecular formula is C20H22ClN3O4. The van der Waals surface area contributed by atoms with Crippen LogP contribution in [0, 0.1) is 29.9 Å². The molecule has 2 N–H and O–H groups in total. The predicted molar refractivity (Wildman–Crippen MR) is 109 cm³/mol. The highest BCUT2D eigenvalue weighted by Gasteiger charge is 2.26. The third-order valence-corrected chi connectivity index (χ3v) is 4.82. The second-order valence-corrected chi connectivity index (χ2v) is 7.26. The summed E-state index contributed by atoms with van der Waals surface area (Å²) in [7, 11) is 0. The van der Waals surface area contributed by atoms with Gasteiger partial charge in [-0.05, 0) is 49.1 Å². The van der Waals surface area contributed by atoms with E-state index in [0.29, 0.717) is 5.69 Å². The average molecular weight is 404 g/mol. The molecule has 1 unspecified atom stereocenters. The molecule has 0 radical (unpaired) electrons. The minimum atomic E-state index is -0.817. The smallest absolute Gasteiger partial charge is 0.288 e. The number of carbonyl (C=O) groups excluding carboxylic acids is 2. The summed E-state index contributed by atoms with van der Waals surface area (Å²) in [4.78, 5) is 35.7. The summed E-state index contributed by atoms with van der Waals surface area (Å²) in [6.07, 6.45) is 0. The van der Waals surface area contributed by atoms with E-state index < -0.39 is 16.9 Å². The predicted octanol–water partition coefficient (Wildman–Crippen LogP) is 4.26. The quantitative estimate of drug-likeness (QED) is 0.555. The Kier molecular flexibility index (Phi) is 6.75. The number of anilines is 1. The topological polar surface area (TPSA) is 101 Å². The summed E-state index contributed by atoms with van der Waals surface area (Å²) < 4.78 is 0. The molecule has 0 aliphatic heterocycles. The van der Waals surface area contributed by atoms with Gasteiger partial charge in [-0.3, -0.25) is 19.7 Å². The third kappa shape index (κ3) is 4.86. The number of hydrogen-bond donors (Lipinski definition) is 2. The zero-order chi connectivity index (χ0) is 21.0. The molecule has 0 aromatic heterocycles. The first-order valence-corrected chi connectivity index (χ1v) is 9.11. The van der Waals surface area contributed by atoms with Crippen molar-refractivity contribution in [2.75, 3.05) is 5.32 Å². The molecule has 148 valence electrons. The lowest BCUT2D eigenvalue weighted by Gasteiger charge is -2.22. The lowest BCUT2D eigenvalue weighted by molar-refractivity contribution is -0.384. The highest BCUT2D eigenvalue weighted by Crippen LogP contribution is 2.25. The van der Waals surface area contributed by atoms with E-state index in [1.165, 1.54) is 12.1 Å². The molecule has 0 fully saturated rings. The maximum Gasteiger partial charge on any atom is 0.288 e. The van der Waals surface area contributed by atoms with Crippen LogP contribution >= 0.6 is 11.6 Å². The van der Waals surface area contributed by atoms with Gasteiger partial charge in [0.2, 0.25) is 5.91 Å². The van der Waals surface area contributed by atoms with E-state index in [-0.39, 0.29) is 28.1 Å². The number of rotatable bonds is 6. The lowest BCUT2D eigenvalue weighted by atomic mass is 10.0. The van der Waals surface area contributed by atoms with Crippen molar-refractivity contribution < 1.29 is 14.5 Å². The summed E-state index contributed by atoms with van der Waals surface area (Å²) in [5.41, 5.74) is 2.35. The number of nitrogens with zero attached hydrogens (tertiary/aromatic N) is 1. The van der Waals surface area contributed by atoms with Crippen molar-refractivity contribution in [2.24, 2.45) is 5.92 Å². The van der Waals surface area contributed by atoms with Gasteiger partial charge in [0, 0.05) is 17.3 Å². The molecule has 7 nitrogen and oxygen atoms in total. The number of aryl methyl sites for hydroxylation is 1. The van der Waals surface area contributed by atoms with Gasteiger partial charge in [0.25, 0.3) is 11.6 Å². The van der Waals surface area contributed by atoms with Gasteiger partial charge in [-0.2, -0.15) is 0 Å². The number of halogens is 1. The van der Waals surface area contributed by atoms with E-state index in [2.05, 4.69) is 10.6 Å². The molecule has 2 rings (SSSR count). The van der Waals surface area contributed by atoms with Crippen molar-refractivity contribution in [1.82, 2.24) is 5.32 Å². The molecule has 0 bridgehead atoms. The van der Waals surface area contributed by atoms with Crippen LogP contribution < -0.4 is 10.6 Å². The molecule has 8 heteroatoms.